The van der Waals surface area contributed by atoms with Crippen molar-refractivity contribution in [1.82, 2.24) is 15.5 Å². The van der Waals surface area contributed by atoms with Crippen molar-refractivity contribution in [3.63, 3.8) is 0 Å². The molecule has 1 aliphatic heterocycles. The molecule has 1 heterocycles. The van der Waals surface area contributed by atoms with Crippen LogP contribution in [0.4, 0.5) is 0 Å². The number of fused-ring (bicyclic) bond motifs is 2. The summed E-state index contributed by atoms with van der Waals surface area (Å²) in [6.45, 7) is 3.78. The van der Waals surface area contributed by atoms with Crippen molar-refractivity contribution in [1.29, 1.82) is 0 Å². The number of carbonyl (C=O) groups excluding carboxylic acids is 4. The van der Waals surface area contributed by atoms with Gasteiger partial charge in [0.25, 0.3) is 11.8 Å². The van der Waals surface area contributed by atoms with Gasteiger partial charge in [-0.2, -0.15) is 0 Å². The van der Waals surface area contributed by atoms with E-state index in [4.69, 9.17) is 4.74 Å². The maximum absolute atomic E-state index is 13.6. The maximum Gasteiger partial charge on any atom is 0.306 e. The number of methoxy groups -OCH3 is 1. The highest BCUT2D eigenvalue weighted by Gasteiger charge is 2.37. The van der Waals surface area contributed by atoms with Crippen molar-refractivity contribution in [3.05, 3.63) is 77.4 Å². The van der Waals surface area contributed by atoms with Gasteiger partial charge in [0.1, 0.15) is 11.8 Å². The van der Waals surface area contributed by atoms with Crippen molar-refractivity contribution >= 4 is 40.4 Å². The van der Waals surface area contributed by atoms with Gasteiger partial charge < -0.3 is 20.5 Å². The minimum Gasteiger partial charge on any atom is -0.497 e. The Labute approximate surface area is 256 Å². The van der Waals surface area contributed by atoms with Crippen molar-refractivity contribution in [2.75, 3.05) is 20.7 Å². The second kappa shape index (κ2) is 14.2. The SMILES string of the molecule is CNC(=O)[C@H](Cc1ccc(OC)cc1)NC(=O)[C@H](CC(C)C)CC(CCN1C(=O)c2cc3ccccc3cc2C1=O)C(=O)O. The molecule has 10 nitrogen and oxygen atoms in total. The third-order valence-corrected chi connectivity index (χ3v) is 8.06. The molecular formula is C34H39N3O7. The molecule has 1 unspecified atom stereocenters. The number of hydrogen-bond acceptors (Lipinski definition) is 6. The molecule has 10 heteroatoms. The summed E-state index contributed by atoms with van der Waals surface area (Å²) in [7, 11) is 3.05. The van der Waals surface area contributed by atoms with E-state index in [0.717, 1.165) is 21.2 Å². The lowest BCUT2D eigenvalue weighted by atomic mass is 9.85. The molecule has 1 aliphatic rings. The van der Waals surface area contributed by atoms with Crippen LogP contribution >= 0.6 is 0 Å². The smallest absolute Gasteiger partial charge is 0.306 e. The van der Waals surface area contributed by atoms with Gasteiger partial charge in [0.15, 0.2) is 0 Å². The Morgan fingerprint density at radius 3 is 1.95 bits per heavy atom. The first kappa shape index (κ1) is 32.2. The highest BCUT2D eigenvalue weighted by atomic mass is 16.5. The van der Waals surface area contributed by atoms with Crippen LogP contribution in [0.1, 0.15) is 59.4 Å². The molecule has 4 rings (SSSR count). The predicted molar refractivity (Wildman–Crippen MR) is 165 cm³/mol. The quantitative estimate of drug-likeness (QED) is 0.237. The number of ether oxygens (including phenoxy) is 1. The molecule has 3 aromatic carbocycles. The second-order valence-corrected chi connectivity index (χ2v) is 11.6. The average molecular weight is 602 g/mol. The molecule has 0 saturated heterocycles. The number of imide groups is 1. The molecule has 232 valence electrons. The van der Waals surface area contributed by atoms with Gasteiger partial charge in [-0.05, 0) is 65.8 Å². The zero-order valence-electron chi connectivity index (χ0n) is 25.5. The number of nitrogens with zero attached hydrogens (tertiary/aromatic N) is 1. The lowest BCUT2D eigenvalue weighted by molar-refractivity contribution is -0.143. The van der Waals surface area contributed by atoms with Crippen LogP contribution in [-0.2, 0) is 20.8 Å². The number of carboxylic acid groups (broad SMARTS) is 1. The molecule has 3 aromatic rings. The average Bonchev–Trinajstić information content (AvgIpc) is 3.24. The zero-order chi connectivity index (χ0) is 32.0. The molecule has 0 saturated carbocycles. The van der Waals surface area contributed by atoms with E-state index >= 15 is 0 Å². The minimum atomic E-state index is -1.12. The first-order valence-electron chi connectivity index (χ1n) is 14.8. The van der Waals surface area contributed by atoms with E-state index in [0.29, 0.717) is 23.3 Å². The van der Waals surface area contributed by atoms with Gasteiger partial charge in [-0.15, -0.1) is 0 Å². The van der Waals surface area contributed by atoms with E-state index in [9.17, 15) is 29.1 Å². The van der Waals surface area contributed by atoms with Crippen LogP contribution in [0.5, 0.6) is 5.75 Å². The number of carboxylic acids is 1. The van der Waals surface area contributed by atoms with Crippen LogP contribution in [-0.4, -0.2) is 66.3 Å². The largest absolute Gasteiger partial charge is 0.497 e. The lowest BCUT2D eigenvalue weighted by Crippen LogP contribution is -2.49. The minimum absolute atomic E-state index is 0.00456. The van der Waals surface area contributed by atoms with E-state index in [1.165, 1.54) is 7.05 Å². The summed E-state index contributed by atoms with van der Waals surface area (Å²) in [5.74, 6) is -3.77. The summed E-state index contributed by atoms with van der Waals surface area (Å²) >= 11 is 0. The van der Waals surface area contributed by atoms with Crippen molar-refractivity contribution in [2.45, 2.75) is 45.6 Å². The van der Waals surface area contributed by atoms with E-state index < -0.39 is 41.6 Å². The number of aliphatic carboxylic acids is 1. The Bertz CT molecular complexity index is 1500. The number of rotatable bonds is 14. The van der Waals surface area contributed by atoms with E-state index in [2.05, 4.69) is 10.6 Å². The first-order valence-corrected chi connectivity index (χ1v) is 14.8. The Kier molecular flexibility index (Phi) is 10.4. The Hall–Kier alpha value is -4.73. The van der Waals surface area contributed by atoms with Crippen LogP contribution in [0, 0.1) is 17.8 Å². The van der Waals surface area contributed by atoms with Crippen LogP contribution in [0.15, 0.2) is 60.7 Å². The summed E-state index contributed by atoms with van der Waals surface area (Å²) in [5.41, 5.74) is 1.42. The van der Waals surface area contributed by atoms with Gasteiger partial charge in [0.2, 0.25) is 11.8 Å². The third kappa shape index (κ3) is 7.42. The van der Waals surface area contributed by atoms with Gasteiger partial charge in [-0.25, -0.2) is 0 Å². The van der Waals surface area contributed by atoms with Gasteiger partial charge >= 0.3 is 5.97 Å². The fourth-order valence-corrected chi connectivity index (χ4v) is 5.70. The van der Waals surface area contributed by atoms with Crippen molar-refractivity contribution in [3.8, 4) is 5.75 Å². The molecule has 0 spiro atoms. The summed E-state index contributed by atoms with van der Waals surface area (Å²) in [6, 6.07) is 17.1. The molecule has 4 amide bonds. The van der Waals surface area contributed by atoms with Crippen LogP contribution in [0.2, 0.25) is 0 Å². The number of amides is 4. The van der Waals surface area contributed by atoms with Crippen molar-refractivity contribution < 1.29 is 33.8 Å². The topological polar surface area (TPSA) is 142 Å². The summed E-state index contributed by atoms with van der Waals surface area (Å²) < 4.78 is 5.19. The standard InChI is InChI=1S/C34H39N3O7/c1-20(2)15-25(30(38)36-29(31(39)35-3)16-21-9-11-26(44-4)12-10-21)17-24(34(42)43)13-14-37-32(40)27-18-22-7-5-6-8-23(22)19-28(27)33(37)41/h5-12,18-20,24-25,29H,13-17H2,1-4H3,(H,35,39)(H,36,38)(H,42,43)/t24?,25-,29+/m1/s1. The molecule has 0 bridgehead atoms. The molecule has 0 aliphatic carbocycles. The second-order valence-electron chi connectivity index (χ2n) is 11.6. The van der Waals surface area contributed by atoms with Gasteiger partial charge in [0.05, 0.1) is 24.2 Å². The highest BCUT2D eigenvalue weighted by molar-refractivity contribution is 6.23. The maximum atomic E-state index is 13.6. The highest BCUT2D eigenvalue weighted by Crippen LogP contribution is 2.30. The molecule has 0 radical (unpaired) electrons. The van der Waals surface area contributed by atoms with E-state index in [1.54, 1.807) is 31.4 Å². The van der Waals surface area contributed by atoms with E-state index in [1.807, 2.05) is 50.2 Å². The molecule has 3 atom stereocenters. The van der Waals surface area contributed by atoms with Crippen LogP contribution in [0.3, 0.4) is 0 Å². The summed E-state index contributed by atoms with van der Waals surface area (Å²) in [4.78, 5) is 66.1. The summed E-state index contributed by atoms with van der Waals surface area (Å²) in [5, 5.41) is 17.2. The normalized spacial score (nSPS) is 14.7. The molecule has 0 fully saturated rings. The number of likely N-dealkylation sites (N-methyl/N-ethyl adjacent to an activating group) is 1. The van der Waals surface area contributed by atoms with Crippen molar-refractivity contribution in [2.24, 2.45) is 17.8 Å². The fraction of sp³-hybridized carbons (Fsp3) is 0.382. The Balaban J connectivity index is 1.46. The molecule has 3 N–H and O–H groups in total. The van der Waals surface area contributed by atoms with Crippen LogP contribution < -0.4 is 15.4 Å². The van der Waals surface area contributed by atoms with Gasteiger partial charge in [-0.3, -0.25) is 28.9 Å². The molecule has 0 aromatic heterocycles. The number of hydrogen-bond donors (Lipinski definition) is 3. The Morgan fingerprint density at radius 2 is 1.45 bits per heavy atom. The predicted octanol–water partition coefficient (Wildman–Crippen LogP) is 4.06. The number of nitrogens with one attached hydrogen (secondary N) is 2. The van der Waals surface area contributed by atoms with E-state index in [-0.39, 0.29) is 37.6 Å². The van der Waals surface area contributed by atoms with Crippen LogP contribution in [0.25, 0.3) is 10.8 Å². The molecule has 44 heavy (non-hydrogen) atoms. The van der Waals surface area contributed by atoms with Gasteiger partial charge in [-0.1, -0.05) is 50.2 Å². The monoisotopic (exact) mass is 601 g/mol. The number of carbonyl (C=O) groups is 5. The van der Waals surface area contributed by atoms with Gasteiger partial charge in [0, 0.05) is 25.9 Å². The zero-order valence-corrected chi connectivity index (χ0v) is 25.5. The third-order valence-electron chi connectivity index (χ3n) is 8.06. The lowest BCUT2D eigenvalue weighted by Gasteiger charge is -2.26. The number of benzene rings is 3. The Morgan fingerprint density at radius 1 is 0.864 bits per heavy atom. The summed E-state index contributed by atoms with van der Waals surface area (Å²) in [6.07, 6.45) is 0.626. The first-order chi connectivity index (χ1) is 21.0. The fourth-order valence-electron chi connectivity index (χ4n) is 5.70. The molecular weight excluding hydrogens is 562 g/mol.